The molecule has 132 valence electrons. The number of nitrogens with two attached hydrogens (primary N) is 1. The number of benzene rings is 2. The Hall–Kier alpha value is -1.89. The van der Waals surface area contributed by atoms with E-state index in [-0.39, 0.29) is 6.61 Å². The molecule has 0 saturated carbocycles. The molecule has 0 heterocycles. The molecule has 2 aromatic carbocycles. The van der Waals surface area contributed by atoms with Gasteiger partial charge in [-0.05, 0) is 42.2 Å². The lowest BCUT2D eigenvalue weighted by molar-refractivity contribution is 0.284. The molecule has 0 aromatic heterocycles. The van der Waals surface area contributed by atoms with Crippen molar-refractivity contribution in [2.24, 2.45) is 15.9 Å². The van der Waals surface area contributed by atoms with Gasteiger partial charge in [0.2, 0.25) is 0 Å². The fourth-order valence-electron chi connectivity index (χ4n) is 1.90. The molecule has 0 aliphatic rings. The minimum Gasteiger partial charge on any atom is -0.493 e. The first kappa shape index (κ1) is 19.4. The summed E-state index contributed by atoms with van der Waals surface area (Å²) in [4.78, 5) is 0. The van der Waals surface area contributed by atoms with Crippen LogP contribution in [0.5, 0.6) is 11.5 Å². The lowest BCUT2D eigenvalue weighted by Crippen LogP contribution is -2.04. The van der Waals surface area contributed by atoms with Gasteiger partial charge in [-0.25, -0.2) is 0 Å². The van der Waals surface area contributed by atoms with Crippen molar-refractivity contribution < 1.29 is 9.47 Å². The summed E-state index contributed by atoms with van der Waals surface area (Å²) in [6.07, 6.45) is 3.41. The summed E-state index contributed by atoms with van der Waals surface area (Å²) in [7, 11) is 1.56. The molecule has 2 aromatic rings. The Kier molecular flexibility index (Phi) is 7.43. The summed E-state index contributed by atoms with van der Waals surface area (Å²) in [6, 6.07) is 10.7. The zero-order valence-electron chi connectivity index (χ0n) is 13.7. The normalized spacial score (nSPS) is 11.8. The predicted molar refractivity (Wildman–Crippen MR) is 107 cm³/mol. The summed E-state index contributed by atoms with van der Waals surface area (Å²) in [6.45, 7) is 0.233. The van der Waals surface area contributed by atoms with Crippen molar-refractivity contribution in [2.45, 2.75) is 6.61 Å². The monoisotopic (exact) mass is 397 g/mol. The van der Waals surface area contributed by atoms with Crippen molar-refractivity contribution in [3.63, 3.8) is 0 Å². The second-order valence-corrected chi connectivity index (χ2v) is 6.43. The van der Waals surface area contributed by atoms with E-state index < -0.39 is 0 Å². The van der Waals surface area contributed by atoms with Crippen molar-refractivity contribution in [1.82, 2.24) is 0 Å². The largest absolute Gasteiger partial charge is 0.493 e. The highest BCUT2D eigenvalue weighted by molar-refractivity contribution is 8.13. The number of hydrogen-bond donors (Lipinski definition) is 1. The number of amidine groups is 1. The molecule has 5 nitrogen and oxygen atoms in total. The third-order valence-electron chi connectivity index (χ3n) is 3.19. The molecule has 8 heteroatoms. The van der Waals surface area contributed by atoms with E-state index in [9.17, 15) is 0 Å². The van der Waals surface area contributed by atoms with Gasteiger partial charge >= 0.3 is 0 Å². The highest BCUT2D eigenvalue weighted by atomic mass is 35.5. The van der Waals surface area contributed by atoms with Crippen LogP contribution in [-0.2, 0) is 6.61 Å². The van der Waals surface area contributed by atoms with Crippen LogP contribution in [0.1, 0.15) is 11.1 Å². The molecule has 0 atom stereocenters. The Morgan fingerprint density at radius 1 is 1.20 bits per heavy atom. The van der Waals surface area contributed by atoms with Crippen molar-refractivity contribution in [3.05, 3.63) is 57.6 Å². The number of hydrogen-bond acceptors (Lipinski definition) is 5. The topological polar surface area (TPSA) is 69.2 Å². The van der Waals surface area contributed by atoms with Gasteiger partial charge in [-0.3, -0.25) is 0 Å². The molecule has 0 aliphatic heterocycles. The molecule has 0 fully saturated rings. The molecule has 0 aliphatic carbocycles. The quantitative estimate of drug-likeness (QED) is 0.439. The van der Waals surface area contributed by atoms with Crippen molar-refractivity contribution >= 4 is 46.3 Å². The molecule has 0 bridgehead atoms. The third kappa shape index (κ3) is 5.56. The average molecular weight is 398 g/mol. The van der Waals surface area contributed by atoms with Crippen LogP contribution in [-0.4, -0.2) is 24.7 Å². The number of thioether (sulfide) groups is 1. The number of nitrogens with zero attached hydrogens (tertiary/aromatic N) is 2. The Morgan fingerprint density at radius 2 is 1.92 bits per heavy atom. The first-order valence-corrected chi connectivity index (χ1v) is 9.17. The van der Waals surface area contributed by atoms with Crippen LogP contribution in [0.3, 0.4) is 0 Å². The van der Waals surface area contributed by atoms with Crippen molar-refractivity contribution in [1.29, 1.82) is 0 Å². The Balaban J connectivity index is 2.14. The van der Waals surface area contributed by atoms with Gasteiger partial charge in [-0.2, -0.15) is 5.10 Å². The fourth-order valence-corrected chi connectivity index (χ4v) is 2.53. The minimum atomic E-state index is 0.233. The molecular formula is C17H17Cl2N3O2S. The number of methoxy groups -OCH3 is 1. The fraction of sp³-hybridized carbons (Fsp3) is 0.176. The maximum atomic E-state index is 6.15. The number of ether oxygens (including phenoxy) is 2. The van der Waals surface area contributed by atoms with Gasteiger partial charge in [0.15, 0.2) is 16.7 Å². The van der Waals surface area contributed by atoms with Gasteiger partial charge in [-0.15, -0.1) is 5.10 Å². The van der Waals surface area contributed by atoms with Crippen LogP contribution in [0, 0.1) is 0 Å². The number of rotatable bonds is 6. The summed E-state index contributed by atoms with van der Waals surface area (Å²) >= 11 is 13.6. The first-order valence-electron chi connectivity index (χ1n) is 7.19. The summed E-state index contributed by atoms with van der Waals surface area (Å²) in [5, 5.41) is 9.26. The van der Waals surface area contributed by atoms with Crippen LogP contribution in [0.25, 0.3) is 0 Å². The predicted octanol–water partition coefficient (Wildman–Crippen LogP) is 4.59. The van der Waals surface area contributed by atoms with E-state index in [2.05, 4.69) is 10.2 Å². The Labute approximate surface area is 160 Å². The van der Waals surface area contributed by atoms with Crippen LogP contribution in [0.4, 0.5) is 0 Å². The molecule has 2 N–H and O–H groups in total. The Morgan fingerprint density at radius 3 is 2.56 bits per heavy atom. The van der Waals surface area contributed by atoms with Gasteiger partial charge < -0.3 is 15.2 Å². The maximum Gasteiger partial charge on any atom is 0.180 e. The van der Waals surface area contributed by atoms with Crippen molar-refractivity contribution in [2.75, 3.05) is 13.4 Å². The van der Waals surface area contributed by atoms with E-state index in [0.29, 0.717) is 26.7 Å². The standard InChI is InChI=1S/C17H17Cl2N3O2S/c1-23-16-8-11(9-21-22-17(20)25-2)6-7-15(16)24-10-12-13(18)4-3-5-14(12)19/h3-9H,10H2,1-2H3,(H2,20,22)/b21-9-. The highest BCUT2D eigenvalue weighted by Crippen LogP contribution is 2.31. The van der Waals surface area contributed by atoms with E-state index >= 15 is 0 Å². The van der Waals surface area contributed by atoms with E-state index in [1.807, 2.05) is 12.3 Å². The SMILES string of the molecule is COc1cc(/C=N\N=C(/N)SC)ccc1OCc1c(Cl)cccc1Cl. The second-order valence-electron chi connectivity index (χ2n) is 4.79. The molecule has 0 amide bonds. The average Bonchev–Trinajstić information content (AvgIpc) is 2.61. The van der Waals surface area contributed by atoms with Gasteiger partial charge in [-0.1, -0.05) is 41.0 Å². The first-order chi connectivity index (χ1) is 12.0. The molecule has 2 rings (SSSR count). The van der Waals surface area contributed by atoms with E-state index in [1.54, 1.807) is 43.7 Å². The number of halogens is 2. The molecule has 0 spiro atoms. The van der Waals surface area contributed by atoms with Crippen LogP contribution in [0.15, 0.2) is 46.6 Å². The molecule has 25 heavy (non-hydrogen) atoms. The maximum absolute atomic E-state index is 6.15. The zero-order chi connectivity index (χ0) is 18.2. The van der Waals surface area contributed by atoms with Crippen LogP contribution in [0.2, 0.25) is 10.0 Å². The third-order valence-corrected chi connectivity index (χ3v) is 4.40. The molecule has 0 radical (unpaired) electrons. The summed E-state index contributed by atoms with van der Waals surface area (Å²) < 4.78 is 11.2. The lowest BCUT2D eigenvalue weighted by Gasteiger charge is -2.13. The van der Waals surface area contributed by atoms with Crippen molar-refractivity contribution in [3.8, 4) is 11.5 Å². The minimum absolute atomic E-state index is 0.233. The van der Waals surface area contributed by atoms with Gasteiger partial charge in [0.25, 0.3) is 0 Å². The Bertz CT molecular complexity index is 777. The van der Waals surface area contributed by atoms with Crippen LogP contribution >= 0.6 is 35.0 Å². The lowest BCUT2D eigenvalue weighted by atomic mass is 10.2. The molecule has 0 unspecified atom stereocenters. The van der Waals surface area contributed by atoms with E-state index in [1.165, 1.54) is 11.8 Å². The molecular weight excluding hydrogens is 381 g/mol. The van der Waals surface area contributed by atoms with Crippen LogP contribution < -0.4 is 15.2 Å². The van der Waals surface area contributed by atoms with Gasteiger partial charge in [0.1, 0.15) is 6.61 Å². The van der Waals surface area contributed by atoms with Gasteiger partial charge in [0, 0.05) is 15.6 Å². The second kappa shape index (κ2) is 9.56. The summed E-state index contributed by atoms with van der Waals surface area (Å²) in [5.41, 5.74) is 7.10. The van der Waals surface area contributed by atoms with E-state index in [0.717, 1.165) is 11.1 Å². The zero-order valence-corrected chi connectivity index (χ0v) is 16.0. The van der Waals surface area contributed by atoms with E-state index in [4.69, 9.17) is 38.4 Å². The highest BCUT2D eigenvalue weighted by Gasteiger charge is 2.09. The smallest absolute Gasteiger partial charge is 0.180 e. The summed E-state index contributed by atoms with van der Waals surface area (Å²) in [5.74, 6) is 1.14. The molecule has 0 saturated heterocycles. The van der Waals surface area contributed by atoms with Gasteiger partial charge in [0.05, 0.1) is 13.3 Å².